The Labute approximate surface area is 107 Å². The van der Waals surface area contributed by atoms with Crippen molar-refractivity contribution in [3.8, 4) is 0 Å². The van der Waals surface area contributed by atoms with Crippen molar-refractivity contribution in [3.63, 3.8) is 0 Å². The highest BCUT2D eigenvalue weighted by Crippen LogP contribution is 1.90. The van der Waals surface area contributed by atoms with Crippen molar-refractivity contribution in [1.29, 1.82) is 0 Å². The molecule has 0 saturated carbocycles. The Morgan fingerprint density at radius 1 is 1.11 bits per heavy atom. The zero-order chi connectivity index (χ0) is 12.9. The second-order valence-electron chi connectivity index (χ2n) is 3.55. The lowest BCUT2D eigenvalue weighted by atomic mass is 10.4. The summed E-state index contributed by atoms with van der Waals surface area (Å²) in [5, 5.41) is 6.75. The molecule has 0 aromatic carbocycles. The molecule has 104 valence electrons. The fourth-order valence-corrected chi connectivity index (χ4v) is 1.24. The van der Waals surface area contributed by atoms with Gasteiger partial charge in [-0.15, -0.1) is 0 Å². The molecule has 18 heavy (non-hydrogen) atoms. The molecule has 7 heteroatoms. The van der Waals surface area contributed by atoms with E-state index in [1.54, 1.807) is 7.11 Å². The number of rotatable bonds is 12. The summed E-state index contributed by atoms with van der Waals surface area (Å²) < 4.78 is 20.3. The highest BCUT2D eigenvalue weighted by Gasteiger charge is 1.97. The van der Waals surface area contributed by atoms with Gasteiger partial charge in [0.05, 0.1) is 33.0 Å². The molecule has 0 saturated heterocycles. The predicted molar refractivity (Wildman–Crippen MR) is 64.4 cm³/mol. The van der Waals surface area contributed by atoms with Gasteiger partial charge in [0, 0.05) is 26.6 Å². The lowest BCUT2D eigenvalue weighted by molar-refractivity contribution is 0.0256. The average Bonchev–Trinajstić information content (AvgIpc) is 2.89. The van der Waals surface area contributed by atoms with Crippen LogP contribution in [0.1, 0.15) is 5.89 Å². The molecule has 1 N–H and O–H groups in total. The first-order valence-corrected chi connectivity index (χ1v) is 6.04. The van der Waals surface area contributed by atoms with Crippen molar-refractivity contribution in [1.82, 2.24) is 15.5 Å². The van der Waals surface area contributed by atoms with E-state index in [1.165, 1.54) is 6.33 Å². The second-order valence-corrected chi connectivity index (χ2v) is 3.55. The lowest BCUT2D eigenvalue weighted by Gasteiger charge is -2.06. The molecule has 0 bridgehead atoms. The minimum absolute atomic E-state index is 0.603. The number of ether oxygens (including phenoxy) is 3. The monoisotopic (exact) mass is 259 g/mol. The van der Waals surface area contributed by atoms with Crippen LogP contribution in [0.4, 0.5) is 0 Å². The molecule has 1 aromatic heterocycles. The summed E-state index contributed by atoms with van der Waals surface area (Å²) in [6.45, 7) is 4.71. The minimum Gasteiger partial charge on any atom is -0.382 e. The molecule has 1 heterocycles. The van der Waals surface area contributed by atoms with E-state index in [2.05, 4.69) is 15.5 Å². The molecule has 0 radical (unpaired) electrons. The van der Waals surface area contributed by atoms with Gasteiger partial charge in [0.2, 0.25) is 5.89 Å². The first kappa shape index (κ1) is 15.0. The summed E-state index contributed by atoms with van der Waals surface area (Å²) in [5.41, 5.74) is 0. The quantitative estimate of drug-likeness (QED) is 0.524. The van der Waals surface area contributed by atoms with Crippen LogP contribution in [-0.4, -0.2) is 63.4 Å². The summed E-state index contributed by atoms with van der Waals surface area (Å²) in [7, 11) is 1.65. The number of hydrogen-bond donors (Lipinski definition) is 1. The zero-order valence-electron chi connectivity index (χ0n) is 10.8. The largest absolute Gasteiger partial charge is 0.382 e. The van der Waals surface area contributed by atoms with E-state index >= 15 is 0 Å². The maximum Gasteiger partial charge on any atom is 0.227 e. The summed E-state index contributed by atoms with van der Waals surface area (Å²) in [4.78, 5) is 3.92. The molecule has 0 amide bonds. The Bertz CT molecular complexity index is 269. The molecule has 0 fully saturated rings. The van der Waals surface area contributed by atoms with E-state index in [4.69, 9.17) is 18.7 Å². The van der Waals surface area contributed by atoms with Crippen LogP contribution < -0.4 is 5.32 Å². The van der Waals surface area contributed by atoms with E-state index in [1.807, 2.05) is 0 Å². The van der Waals surface area contributed by atoms with Gasteiger partial charge in [-0.2, -0.15) is 4.98 Å². The smallest absolute Gasteiger partial charge is 0.227 e. The van der Waals surface area contributed by atoms with Crippen molar-refractivity contribution in [2.45, 2.75) is 6.42 Å². The highest BCUT2D eigenvalue weighted by molar-refractivity contribution is 4.74. The van der Waals surface area contributed by atoms with E-state index in [9.17, 15) is 0 Å². The molecule has 0 atom stereocenters. The Balaban J connectivity index is 1.73. The van der Waals surface area contributed by atoms with E-state index in [0.29, 0.717) is 38.9 Å². The number of nitrogens with one attached hydrogen (secondary N) is 1. The van der Waals surface area contributed by atoms with Crippen LogP contribution in [0.15, 0.2) is 10.9 Å². The predicted octanol–water partition coefficient (Wildman–Crippen LogP) is -0.119. The summed E-state index contributed by atoms with van der Waals surface area (Å²) in [5.74, 6) is 0.648. The minimum atomic E-state index is 0.603. The van der Waals surface area contributed by atoms with Crippen LogP contribution in [0.3, 0.4) is 0 Å². The summed E-state index contributed by atoms with van der Waals surface area (Å²) in [6.07, 6.45) is 2.14. The van der Waals surface area contributed by atoms with Crippen molar-refractivity contribution in [3.05, 3.63) is 12.2 Å². The van der Waals surface area contributed by atoms with Gasteiger partial charge in [-0.25, -0.2) is 0 Å². The summed E-state index contributed by atoms with van der Waals surface area (Å²) >= 11 is 0. The zero-order valence-corrected chi connectivity index (χ0v) is 10.8. The molecule has 0 aliphatic carbocycles. The molecule has 0 aliphatic heterocycles. The van der Waals surface area contributed by atoms with Gasteiger partial charge in [-0.1, -0.05) is 5.16 Å². The van der Waals surface area contributed by atoms with Crippen LogP contribution in [0.5, 0.6) is 0 Å². The molecular weight excluding hydrogens is 238 g/mol. The van der Waals surface area contributed by atoms with Gasteiger partial charge in [-0.3, -0.25) is 0 Å². The van der Waals surface area contributed by atoms with Crippen LogP contribution in [0, 0.1) is 0 Å². The SMILES string of the molecule is COCCOCCOCCNCCc1ncno1. The normalized spacial score (nSPS) is 10.9. The van der Waals surface area contributed by atoms with Gasteiger partial charge >= 0.3 is 0 Å². The van der Waals surface area contributed by atoms with Crippen LogP contribution in [0.2, 0.25) is 0 Å². The van der Waals surface area contributed by atoms with Gasteiger partial charge in [0.15, 0.2) is 6.33 Å². The molecule has 1 aromatic rings. The number of nitrogens with zero attached hydrogens (tertiary/aromatic N) is 2. The maximum atomic E-state index is 5.37. The lowest BCUT2D eigenvalue weighted by Crippen LogP contribution is -2.23. The topological polar surface area (TPSA) is 78.6 Å². The number of hydrogen-bond acceptors (Lipinski definition) is 7. The third-order valence-corrected chi connectivity index (χ3v) is 2.15. The van der Waals surface area contributed by atoms with Crippen LogP contribution >= 0.6 is 0 Å². The Kier molecular flexibility index (Phi) is 9.27. The molecule has 0 spiro atoms. The van der Waals surface area contributed by atoms with Crippen LogP contribution in [-0.2, 0) is 20.6 Å². The van der Waals surface area contributed by atoms with Crippen molar-refractivity contribution < 1.29 is 18.7 Å². The van der Waals surface area contributed by atoms with Gasteiger partial charge in [-0.05, 0) is 0 Å². The first-order valence-electron chi connectivity index (χ1n) is 6.04. The van der Waals surface area contributed by atoms with Crippen LogP contribution in [0.25, 0.3) is 0 Å². The van der Waals surface area contributed by atoms with Gasteiger partial charge in [0.25, 0.3) is 0 Å². The maximum absolute atomic E-state index is 5.37. The summed E-state index contributed by atoms with van der Waals surface area (Å²) in [6, 6.07) is 0. The van der Waals surface area contributed by atoms with Gasteiger partial charge < -0.3 is 24.1 Å². The standard InChI is InChI=1S/C11H21N3O4/c1-15-6-7-17-9-8-16-5-4-12-3-2-11-13-10-14-18-11/h10,12H,2-9H2,1H3. The third kappa shape index (κ3) is 8.13. The fraction of sp³-hybridized carbons (Fsp3) is 0.818. The van der Waals surface area contributed by atoms with E-state index < -0.39 is 0 Å². The number of methoxy groups -OCH3 is 1. The molecule has 0 unspecified atom stereocenters. The molecule has 1 rings (SSSR count). The van der Waals surface area contributed by atoms with Crippen molar-refractivity contribution >= 4 is 0 Å². The van der Waals surface area contributed by atoms with E-state index in [-0.39, 0.29) is 0 Å². The van der Waals surface area contributed by atoms with Crippen molar-refractivity contribution in [2.75, 3.05) is 53.2 Å². The van der Waals surface area contributed by atoms with Gasteiger partial charge in [0.1, 0.15) is 0 Å². The van der Waals surface area contributed by atoms with E-state index in [0.717, 1.165) is 19.5 Å². The van der Waals surface area contributed by atoms with Crippen molar-refractivity contribution in [2.24, 2.45) is 0 Å². The Morgan fingerprint density at radius 3 is 2.61 bits per heavy atom. The second kappa shape index (κ2) is 11.1. The first-order chi connectivity index (χ1) is 8.93. The third-order valence-electron chi connectivity index (χ3n) is 2.15. The Morgan fingerprint density at radius 2 is 1.89 bits per heavy atom. The highest BCUT2D eigenvalue weighted by atomic mass is 16.5. The average molecular weight is 259 g/mol. The molecular formula is C11H21N3O4. The fourth-order valence-electron chi connectivity index (χ4n) is 1.24. The Hall–Kier alpha value is -1.02. The number of aromatic nitrogens is 2. The molecule has 7 nitrogen and oxygen atoms in total. The molecule has 0 aliphatic rings.